The summed E-state index contributed by atoms with van der Waals surface area (Å²) in [7, 11) is 0. The third kappa shape index (κ3) is 3.22. The Morgan fingerprint density at radius 2 is 2.04 bits per heavy atom. The SMILES string of the molecule is c1ccc2sc([C@H]3CCCCN3Cc3csc(-c4ccsc4)n3)nc2c1. The largest absolute Gasteiger partial charge is 0.288 e. The van der Waals surface area contributed by atoms with Crippen LogP contribution < -0.4 is 0 Å². The average Bonchev–Trinajstić information content (AvgIpc) is 3.42. The third-order valence-corrected chi connectivity index (χ3v) is 7.66. The number of para-hydroxylation sites is 1. The minimum atomic E-state index is 0.424. The number of benzene rings is 1. The molecular weight excluding hydrogens is 378 g/mol. The maximum atomic E-state index is 4.93. The maximum Gasteiger partial charge on any atom is 0.124 e. The van der Waals surface area contributed by atoms with Gasteiger partial charge in [-0.05, 0) is 43.0 Å². The number of aromatic nitrogens is 2. The number of fused-ring (bicyclic) bond motifs is 1. The number of likely N-dealkylation sites (tertiary alicyclic amines) is 1. The Kier molecular flexibility index (Phi) is 4.58. The normalized spacial score (nSPS) is 18.5. The molecule has 0 saturated carbocycles. The Morgan fingerprint density at radius 3 is 2.92 bits per heavy atom. The molecule has 26 heavy (non-hydrogen) atoms. The maximum absolute atomic E-state index is 4.93. The van der Waals surface area contributed by atoms with Crippen molar-refractivity contribution in [3.8, 4) is 10.6 Å². The lowest BCUT2D eigenvalue weighted by atomic mass is 10.0. The monoisotopic (exact) mass is 397 g/mol. The molecule has 1 aromatic carbocycles. The predicted molar refractivity (Wildman–Crippen MR) is 112 cm³/mol. The standard InChI is InChI=1S/C20H19N3S3/c1-2-7-18-16(5-1)22-20(26-18)17-6-3-4-9-23(17)11-15-13-25-19(21-15)14-8-10-24-12-14/h1-2,5,7-8,10,12-13,17H,3-4,6,9,11H2/t17-/m1/s1. The molecular formula is C20H19N3S3. The van der Waals surface area contributed by atoms with Crippen molar-refractivity contribution in [3.05, 3.63) is 57.2 Å². The third-order valence-electron chi connectivity index (χ3n) is 4.89. The lowest BCUT2D eigenvalue weighted by Crippen LogP contribution is -2.33. The van der Waals surface area contributed by atoms with Gasteiger partial charge in [0, 0.05) is 22.9 Å². The molecule has 3 nitrogen and oxygen atoms in total. The van der Waals surface area contributed by atoms with Crippen LogP contribution in [0.25, 0.3) is 20.8 Å². The van der Waals surface area contributed by atoms with E-state index < -0.39 is 0 Å². The van der Waals surface area contributed by atoms with Crippen molar-refractivity contribution in [3.63, 3.8) is 0 Å². The van der Waals surface area contributed by atoms with E-state index in [4.69, 9.17) is 9.97 Å². The van der Waals surface area contributed by atoms with Crippen molar-refractivity contribution in [2.75, 3.05) is 6.54 Å². The van der Waals surface area contributed by atoms with E-state index in [2.05, 4.69) is 51.4 Å². The van der Waals surface area contributed by atoms with Crippen LogP contribution in [0.2, 0.25) is 0 Å². The van der Waals surface area contributed by atoms with Crippen LogP contribution in [0.1, 0.15) is 36.0 Å². The Bertz CT molecular complexity index is 969. The minimum Gasteiger partial charge on any atom is -0.288 e. The van der Waals surface area contributed by atoms with Gasteiger partial charge in [0.05, 0.1) is 22.0 Å². The van der Waals surface area contributed by atoms with Gasteiger partial charge in [-0.15, -0.1) is 22.7 Å². The Balaban J connectivity index is 1.39. The van der Waals surface area contributed by atoms with Crippen LogP contribution in [0.15, 0.2) is 46.5 Å². The van der Waals surface area contributed by atoms with Crippen LogP contribution in [0, 0.1) is 0 Å². The summed E-state index contributed by atoms with van der Waals surface area (Å²) in [5, 5.41) is 8.91. The first-order valence-electron chi connectivity index (χ1n) is 8.93. The highest BCUT2D eigenvalue weighted by atomic mass is 32.1. The Labute approximate surface area is 165 Å². The fourth-order valence-electron chi connectivity index (χ4n) is 3.60. The van der Waals surface area contributed by atoms with Crippen molar-refractivity contribution in [1.29, 1.82) is 0 Å². The highest BCUT2D eigenvalue weighted by molar-refractivity contribution is 7.18. The van der Waals surface area contributed by atoms with E-state index in [9.17, 15) is 0 Å². The van der Waals surface area contributed by atoms with Gasteiger partial charge >= 0.3 is 0 Å². The summed E-state index contributed by atoms with van der Waals surface area (Å²) in [5.41, 5.74) is 3.56. The summed E-state index contributed by atoms with van der Waals surface area (Å²) in [6.45, 7) is 2.05. The molecule has 1 saturated heterocycles. The number of hydrogen-bond acceptors (Lipinski definition) is 6. The van der Waals surface area contributed by atoms with Crippen molar-refractivity contribution < 1.29 is 0 Å². The summed E-state index contributed by atoms with van der Waals surface area (Å²) < 4.78 is 1.29. The van der Waals surface area contributed by atoms with Crippen molar-refractivity contribution in [2.45, 2.75) is 31.8 Å². The van der Waals surface area contributed by atoms with Crippen LogP contribution in [0.4, 0.5) is 0 Å². The molecule has 0 N–H and O–H groups in total. The quantitative estimate of drug-likeness (QED) is 0.410. The zero-order chi connectivity index (χ0) is 17.3. The van der Waals surface area contributed by atoms with E-state index >= 15 is 0 Å². The van der Waals surface area contributed by atoms with Gasteiger partial charge in [0.1, 0.15) is 10.0 Å². The molecule has 5 rings (SSSR count). The van der Waals surface area contributed by atoms with Crippen molar-refractivity contribution in [1.82, 2.24) is 14.9 Å². The lowest BCUT2D eigenvalue weighted by Gasteiger charge is -2.33. The van der Waals surface area contributed by atoms with Crippen LogP contribution in [-0.4, -0.2) is 21.4 Å². The fourth-order valence-corrected chi connectivity index (χ4v) is 6.26. The molecule has 6 heteroatoms. The van der Waals surface area contributed by atoms with Crippen molar-refractivity contribution >= 4 is 44.2 Å². The topological polar surface area (TPSA) is 29.0 Å². The Hall–Kier alpha value is -1.60. The molecule has 1 aliphatic heterocycles. The number of hydrogen-bond donors (Lipinski definition) is 0. The first kappa shape index (κ1) is 16.6. The van der Waals surface area contributed by atoms with Gasteiger partial charge < -0.3 is 0 Å². The molecule has 1 aliphatic rings. The molecule has 4 heterocycles. The van der Waals surface area contributed by atoms with Crippen LogP contribution in [0.3, 0.4) is 0 Å². The van der Waals surface area contributed by atoms with Gasteiger partial charge in [-0.25, -0.2) is 9.97 Å². The zero-order valence-electron chi connectivity index (χ0n) is 14.3. The number of rotatable bonds is 4. The number of thiophene rings is 1. The van der Waals surface area contributed by atoms with Gasteiger partial charge in [0.2, 0.25) is 0 Å². The first-order valence-corrected chi connectivity index (χ1v) is 11.6. The molecule has 3 aromatic heterocycles. The highest BCUT2D eigenvalue weighted by Crippen LogP contribution is 2.37. The van der Waals surface area contributed by atoms with E-state index in [1.54, 1.807) is 22.7 Å². The van der Waals surface area contributed by atoms with Crippen LogP contribution in [0.5, 0.6) is 0 Å². The summed E-state index contributed by atoms with van der Waals surface area (Å²) in [5.74, 6) is 0. The molecule has 0 amide bonds. The molecule has 0 unspecified atom stereocenters. The lowest BCUT2D eigenvalue weighted by molar-refractivity contribution is 0.139. The van der Waals surface area contributed by atoms with E-state index in [-0.39, 0.29) is 0 Å². The van der Waals surface area contributed by atoms with Gasteiger partial charge in [0.25, 0.3) is 0 Å². The molecule has 4 aromatic rings. The summed E-state index contributed by atoms with van der Waals surface area (Å²) >= 11 is 5.33. The molecule has 0 spiro atoms. The van der Waals surface area contributed by atoms with E-state index in [1.165, 1.54) is 40.2 Å². The molecule has 0 bridgehead atoms. The summed E-state index contributed by atoms with van der Waals surface area (Å²) in [4.78, 5) is 12.4. The van der Waals surface area contributed by atoms with Crippen molar-refractivity contribution in [2.24, 2.45) is 0 Å². The van der Waals surface area contributed by atoms with Gasteiger partial charge in [-0.3, -0.25) is 4.90 Å². The fraction of sp³-hybridized carbons (Fsp3) is 0.300. The first-order chi connectivity index (χ1) is 12.9. The summed E-state index contributed by atoms with van der Waals surface area (Å²) in [6, 6.07) is 11.0. The molecule has 0 radical (unpaired) electrons. The second kappa shape index (κ2) is 7.19. The van der Waals surface area contributed by atoms with E-state index in [0.29, 0.717) is 6.04 Å². The second-order valence-electron chi connectivity index (χ2n) is 6.66. The van der Waals surface area contributed by atoms with Gasteiger partial charge in [-0.2, -0.15) is 11.3 Å². The molecule has 0 aliphatic carbocycles. The van der Waals surface area contributed by atoms with Gasteiger partial charge in [0.15, 0.2) is 0 Å². The average molecular weight is 398 g/mol. The number of piperidine rings is 1. The van der Waals surface area contributed by atoms with E-state index in [1.807, 2.05) is 11.3 Å². The molecule has 1 atom stereocenters. The minimum absolute atomic E-state index is 0.424. The van der Waals surface area contributed by atoms with E-state index in [0.717, 1.165) is 23.6 Å². The van der Waals surface area contributed by atoms with Crippen LogP contribution >= 0.6 is 34.0 Å². The number of thiazole rings is 2. The van der Waals surface area contributed by atoms with Gasteiger partial charge in [-0.1, -0.05) is 18.6 Å². The highest BCUT2D eigenvalue weighted by Gasteiger charge is 2.27. The second-order valence-corrected chi connectivity index (χ2v) is 9.36. The predicted octanol–water partition coefficient (Wildman–Crippen LogP) is 6.21. The molecule has 132 valence electrons. The zero-order valence-corrected chi connectivity index (χ0v) is 16.7. The summed E-state index contributed by atoms with van der Waals surface area (Å²) in [6.07, 6.45) is 3.75. The molecule has 1 fully saturated rings. The number of nitrogens with zero attached hydrogens (tertiary/aromatic N) is 3. The van der Waals surface area contributed by atoms with Crippen LogP contribution in [-0.2, 0) is 6.54 Å². The smallest absolute Gasteiger partial charge is 0.124 e. The Morgan fingerprint density at radius 1 is 1.08 bits per heavy atom.